The second-order valence-electron chi connectivity index (χ2n) is 4.01. The van der Waals surface area contributed by atoms with Crippen LogP contribution in [-0.4, -0.2) is 37.2 Å². The van der Waals surface area contributed by atoms with Crippen LogP contribution in [0.2, 0.25) is 19.6 Å². The summed E-state index contributed by atoms with van der Waals surface area (Å²) >= 11 is 0. The molecule has 0 aromatic heterocycles. The minimum absolute atomic E-state index is 0.552. The Hall–Kier alpha value is 0.274. The van der Waals surface area contributed by atoms with Crippen molar-refractivity contribution in [3.8, 4) is 0 Å². The third-order valence-electron chi connectivity index (χ3n) is 1.39. The Bertz CT molecular complexity index is 153. The van der Waals surface area contributed by atoms with Crippen molar-refractivity contribution in [2.45, 2.75) is 40.4 Å². The van der Waals surface area contributed by atoms with Crippen LogP contribution in [-0.2, 0) is 17.4 Å². The highest BCUT2D eigenvalue weighted by molar-refractivity contribution is 6.78. The van der Waals surface area contributed by atoms with Crippen molar-refractivity contribution in [1.29, 1.82) is 0 Å². The summed E-state index contributed by atoms with van der Waals surface area (Å²) in [7, 11) is -4.59. The number of hydrogen-bond donors (Lipinski definition) is 0. The highest BCUT2D eigenvalue weighted by atomic mass is 28.5. The van der Waals surface area contributed by atoms with Crippen LogP contribution in [0, 0.1) is 0 Å². The van der Waals surface area contributed by atoms with E-state index < -0.39 is 17.4 Å². The molecule has 0 rings (SSSR count). The van der Waals surface area contributed by atoms with Gasteiger partial charge in [-0.25, -0.2) is 0 Å². The molecule has 0 aromatic rings. The fraction of sp³-hybridized carbons (Fsp3) is 1.00. The molecule has 0 aliphatic carbocycles. The van der Waals surface area contributed by atoms with Gasteiger partial charge in [0.2, 0.25) is 0 Å². The van der Waals surface area contributed by atoms with Gasteiger partial charge in [0.05, 0.1) is 0 Å². The summed E-state index contributed by atoms with van der Waals surface area (Å²) in [6.07, 6.45) is 0. The summed E-state index contributed by atoms with van der Waals surface area (Å²) in [5.74, 6) is 0. The van der Waals surface area contributed by atoms with Crippen LogP contribution in [0.25, 0.3) is 0 Å². The highest BCUT2D eigenvalue weighted by Gasteiger charge is 2.48. The molecule has 92 valence electrons. The van der Waals surface area contributed by atoms with Gasteiger partial charge in [-0.1, -0.05) is 0 Å². The first-order valence-corrected chi connectivity index (χ1v) is 10.5. The molecule has 0 heterocycles. The van der Waals surface area contributed by atoms with Gasteiger partial charge in [0, 0.05) is 19.8 Å². The Balaban J connectivity index is 4.60. The van der Waals surface area contributed by atoms with Crippen molar-refractivity contribution in [3.05, 3.63) is 0 Å². The lowest BCUT2D eigenvalue weighted by Crippen LogP contribution is -2.55. The van der Waals surface area contributed by atoms with Gasteiger partial charge in [-0.2, -0.15) is 0 Å². The Morgan fingerprint density at radius 1 is 0.733 bits per heavy atom. The van der Waals surface area contributed by atoms with E-state index >= 15 is 0 Å². The number of rotatable bonds is 8. The molecule has 0 fully saturated rings. The molecule has 6 heteroatoms. The molecule has 0 saturated carbocycles. The summed E-state index contributed by atoms with van der Waals surface area (Å²) in [6, 6.07) is 0. The van der Waals surface area contributed by atoms with Crippen LogP contribution >= 0.6 is 0 Å². The van der Waals surface area contributed by atoms with Gasteiger partial charge in [0.25, 0.3) is 0 Å². The second kappa shape index (κ2) is 6.77. The van der Waals surface area contributed by atoms with Crippen LogP contribution in [0.3, 0.4) is 0 Å². The number of hydrogen-bond acceptors (Lipinski definition) is 4. The van der Waals surface area contributed by atoms with Gasteiger partial charge in [0.15, 0.2) is 8.32 Å². The summed E-state index contributed by atoms with van der Waals surface area (Å²) in [5, 5.41) is 0. The van der Waals surface area contributed by atoms with E-state index in [1.807, 2.05) is 20.8 Å². The van der Waals surface area contributed by atoms with Crippen molar-refractivity contribution in [2.24, 2.45) is 0 Å². The van der Waals surface area contributed by atoms with E-state index in [1.54, 1.807) is 0 Å². The normalized spacial score (nSPS) is 13.2. The molecule has 0 aliphatic heterocycles. The average Bonchev–Trinajstić information content (AvgIpc) is 2.01. The van der Waals surface area contributed by atoms with E-state index in [-0.39, 0.29) is 0 Å². The Labute approximate surface area is 95.5 Å². The summed E-state index contributed by atoms with van der Waals surface area (Å²) < 4.78 is 22.7. The molecule has 0 aromatic carbocycles. The Morgan fingerprint density at radius 3 is 1.27 bits per heavy atom. The maximum atomic E-state index is 5.96. The topological polar surface area (TPSA) is 36.9 Å². The van der Waals surface area contributed by atoms with E-state index in [2.05, 4.69) is 19.6 Å². The zero-order chi connectivity index (χ0) is 11.9. The van der Waals surface area contributed by atoms with E-state index in [9.17, 15) is 0 Å². The van der Waals surface area contributed by atoms with Gasteiger partial charge in [0.1, 0.15) is 0 Å². The minimum Gasteiger partial charge on any atom is -0.394 e. The molecule has 0 spiro atoms. The SMILES string of the molecule is CCO[Si](OCC)(OCC)O[Si](C)(C)C. The molecule has 0 N–H and O–H groups in total. The predicted molar refractivity (Wildman–Crippen MR) is 65.1 cm³/mol. The quantitative estimate of drug-likeness (QED) is 0.622. The molecule has 0 bridgehead atoms. The van der Waals surface area contributed by atoms with E-state index in [0.29, 0.717) is 19.8 Å². The highest BCUT2D eigenvalue weighted by Crippen LogP contribution is 2.18. The molecule has 15 heavy (non-hydrogen) atoms. The molecule has 0 radical (unpaired) electrons. The van der Waals surface area contributed by atoms with E-state index in [1.165, 1.54) is 0 Å². The lowest BCUT2D eigenvalue weighted by molar-refractivity contribution is 0.00740. The fourth-order valence-electron chi connectivity index (χ4n) is 1.12. The van der Waals surface area contributed by atoms with Gasteiger partial charge in [-0.3, -0.25) is 0 Å². The molecule has 0 atom stereocenters. The molecule has 0 saturated heterocycles. The molecule has 0 unspecified atom stereocenters. The van der Waals surface area contributed by atoms with Gasteiger partial charge >= 0.3 is 9.05 Å². The lowest BCUT2D eigenvalue weighted by atomic mass is 10.9. The van der Waals surface area contributed by atoms with Gasteiger partial charge in [-0.05, 0) is 40.4 Å². The van der Waals surface area contributed by atoms with Crippen molar-refractivity contribution < 1.29 is 17.4 Å². The van der Waals surface area contributed by atoms with Crippen LogP contribution in [0.4, 0.5) is 0 Å². The van der Waals surface area contributed by atoms with Crippen molar-refractivity contribution >= 4 is 17.4 Å². The monoisotopic (exact) mass is 252 g/mol. The van der Waals surface area contributed by atoms with Crippen LogP contribution in [0.1, 0.15) is 20.8 Å². The largest absolute Gasteiger partial charge is 0.669 e. The molecule has 0 amide bonds. The third kappa shape index (κ3) is 6.44. The standard InChI is InChI=1S/C9H24O4Si2/c1-7-10-15(11-8-2,12-9-3)13-14(4,5)6/h7-9H2,1-6H3. The first-order valence-electron chi connectivity index (χ1n) is 5.51. The molecular weight excluding hydrogens is 228 g/mol. The van der Waals surface area contributed by atoms with Gasteiger partial charge in [-0.15, -0.1) is 0 Å². The first kappa shape index (κ1) is 15.3. The summed E-state index contributed by atoms with van der Waals surface area (Å²) in [6.45, 7) is 13.7. The van der Waals surface area contributed by atoms with Crippen molar-refractivity contribution in [1.82, 2.24) is 0 Å². The third-order valence-corrected chi connectivity index (χ3v) is 6.77. The zero-order valence-electron chi connectivity index (χ0n) is 10.8. The van der Waals surface area contributed by atoms with Gasteiger partial charge < -0.3 is 17.4 Å². The maximum Gasteiger partial charge on any atom is 0.669 e. The average molecular weight is 252 g/mol. The minimum atomic E-state index is -2.87. The van der Waals surface area contributed by atoms with Crippen molar-refractivity contribution in [2.75, 3.05) is 19.8 Å². The summed E-state index contributed by atoms with van der Waals surface area (Å²) in [5.41, 5.74) is 0. The second-order valence-corrected chi connectivity index (χ2v) is 10.9. The zero-order valence-corrected chi connectivity index (χ0v) is 12.8. The maximum absolute atomic E-state index is 5.96. The van der Waals surface area contributed by atoms with E-state index in [0.717, 1.165) is 0 Å². The molecule has 0 aliphatic rings. The Kier molecular flexibility index (Phi) is 6.89. The molecular formula is C9H24O4Si2. The van der Waals surface area contributed by atoms with Crippen LogP contribution < -0.4 is 0 Å². The fourth-order valence-corrected chi connectivity index (χ4v) is 6.14. The van der Waals surface area contributed by atoms with Crippen LogP contribution in [0.15, 0.2) is 0 Å². The summed E-state index contributed by atoms with van der Waals surface area (Å²) in [4.78, 5) is 0. The first-order chi connectivity index (χ1) is 6.89. The van der Waals surface area contributed by atoms with E-state index in [4.69, 9.17) is 17.4 Å². The lowest BCUT2D eigenvalue weighted by Gasteiger charge is -2.32. The van der Waals surface area contributed by atoms with Crippen LogP contribution in [0.5, 0.6) is 0 Å². The molecule has 4 nitrogen and oxygen atoms in total. The predicted octanol–water partition coefficient (Wildman–Crippen LogP) is 2.38. The van der Waals surface area contributed by atoms with Crippen molar-refractivity contribution in [3.63, 3.8) is 0 Å². The smallest absolute Gasteiger partial charge is 0.394 e. The Morgan fingerprint density at radius 2 is 1.07 bits per heavy atom.